The van der Waals surface area contributed by atoms with Crippen LogP contribution in [0.15, 0.2) is 29.3 Å². The van der Waals surface area contributed by atoms with Crippen molar-refractivity contribution >= 4 is 27.6 Å². The Morgan fingerprint density at radius 1 is 1.09 bits per heavy atom. The van der Waals surface area contributed by atoms with Crippen LogP contribution in [0.3, 0.4) is 0 Å². The van der Waals surface area contributed by atoms with Gasteiger partial charge < -0.3 is 0 Å². The molecule has 0 aliphatic rings. The van der Waals surface area contributed by atoms with Crippen LogP contribution >= 0.6 is 0 Å². The lowest BCUT2D eigenvalue weighted by Crippen LogP contribution is -2.40. The summed E-state index contributed by atoms with van der Waals surface area (Å²) in [5.74, 6) is -2.55. The van der Waals surface area contributed by atoms with E-state index in [1.165, 1.54) is 31.9 Å². The number of aryl methyl sites for hydroxylation is 3. The molecule has 1 aromatic carbocycles. The number of alkyl halides is 3. The summed E-state index contributed by atoms with van der Waals surface area (Å²) in [7, 11) is -1.44. The number of carbonyl (C=O) groups excluding carboxylic acids is 2. The molecule has 15 heteroatoms. The van der Waals surface area contributed by atoms with Gasteiger partial charge >= 0.3 is 6.18 Å². The van der Waals surface area contributed by atoms with Gasteiger partial charge in [0, 0.05) is 26.5 Å². The van der Waals surface area contributed by atoms with Crippen molar-refractivity contribution in [3.8, 4) is 0 Å². The van der Waals surface area contributed by atoms with Gasteiger partial charge in [-0.05, 0) is 35.5 Å². The molecule has 2 aromatic heterocycles. The number of benzene rings is 1. The molecule has 0 saturated heterocycles. The molecular formula is C17H16F3N7O4S. The van der Waals surface area contributed by atoms with E-state index >= 15 is 0 Å². The van der Waals surface area contributed by atoms with Gasteiger partial charge in [0.2, 0.25) is 0 Å². The molecule has 0 radical (unpaired) electrons. The summed E-state index contributed by atoms with van der Waals surface area (Å²) in [5, 5.41) is 14.6. The van der Waals surface area contributed by atoms with Crippen molar-refractivity contribution < 1.29 is 31.2 Å². The molecule has 170 valence electrons. The first kappa shape index (κ1) is 23.1. The number of hydrogen-bond acceptors (Lipinski definition) is 8. The molecule has 0 aliphatic heterocycles. The molecule has 32 heavy (non-hydrogen) atoms. The molecule has 0 aliphatic carbocycles. The standard InChI is InChI=1S/C17H16F3N7O4S/c1-9-12(8-25(2)22-9)15(29)27(16-21-23-24-26(16)3)14(28)11-6-5-10(17(18,19)20)7-13(11)32(4,30)31/h5-8H,1-4H3. The van der Waals surface area contributed by atoms with Gasteiger partial charge in [0.1, 0.15) is 0 Å². The van der Waals surface area contributed by atoms with E-state index in [2.05, 4.69) is 20.6 Å². The fourth-order valence-electron chi connectivity index (χ4n) is 2.92. The van der Waals surface area contributed by atoms with Crippen molar-refractivity contribution in [3.05, 3.63) is 46.8 Å². The Balaban J connectivity index is 2.23. The fourth-order valence-corrected chi connectivity index (χ4v) is 3.82. The highest BCUT2D eigenvalue weighted by atomic mass is 32.2. The van der Waals surface area contributed by atoms with Gasteiger partial charge in [-0.15, -0.1) is 0 Å². The maximum atomic E-state index is 13.4. The monoisotopic (exact) mass is 471 g/mol. The molecular weight excluding hydrogens is 455 g/mol. The number of nitrogens with zero attached hydrogens (tertiary/aromatic N) is 7. The van der Waals surface area contributed by atoms with Crippen molar-refractivity contribution in [3.63, 3.8) is 0 Å². The van der Waals surface area contributed by atoms with E-state index in [9.17, 15) is 31.2 Å². The number of imide groups is 1. The lowest BCUT2D eigenvalue weighted by atomic mass is 10.1. The third-order valence-corrected chi connectivity index (χ3v) is 5.52. The van der Waals surface area contributed by atoms with Crippen molar-refractivity contribution in [2.24, 2.45) is 14.1 Å². The molecule has 0 fully saturated rings. The quantitative estimate of drug-likeness (QED) is 0.518. The maximum absolute atomic E-state index is 13.4. The maximum Gasteiger partial charge on any atom is 0.416 e. The van der Waals surface area contributed by atoms with Crippen molar-refractivity contribution in [2.45, 2.75) is 18.0 Å². The summed E-state index contributed by atoms with van der Waals surface area (Å²) in [6, 6.07) is 1.59. The number of tetrazole rings is 1. The lowest BCUT2D eigenvalue weighted by Gasteiger charge is -2.20. The first-order valence-corrected chi connectivity index (χ1v) is 10.6. The summed E-state index contributed by atoms with van der Waals surface area (Å²) in [5.41, 5.74) is -1.69. The zero-order valence-electron chi connectivity index (χ0n) is 17.1. The number of amides is 2. The predicted molar refractivity (Wildman–Crippen MR) is 102 cm³/mol. The summed E-state index contributed by atoms with van der Waals surface area (Å²) in [6.45, 7) is 1.50. The van der Waals surface area contributed by atoms with E-state index in [0.717, 1.165) is 4.68 Å². The Morgan fingerprint density at radius 2 is 1.72 bits per heavy atom. The second-order valence-corrected chi connectivity index (χ2v) is 8.82. The summed E-state index contributed by atoms with van der Waals surface area (Å²) < 4.78 is 66.2. The molecule has 0 atom stereocenters. The average molecular weight is 471 g/mol. The highest BCUT2D eigenvalue weighted by molar-refractivity contribution is 7.90. The van der Waals surface area contributed by atoms with Crippen molar-refractivity contribution in [1.29, 1.82) is 0 Å². The van der Waals surface area contributed by atoms with Crippen LogP contribution in [0.1, 0.15) is 32.0 Å². The summed E-state index contributed by atoms with van der Waals surface area (Å²) in [6.07, 6.45) is -2.87. The summed E-state index contributed by atoms with van der Waals surface area (Å²) in [4.78, 5) is 26.2. The van der Waals surface area contributed by atoms with E-state index in [0.29, 0.717) is 29.4 Å². The predicted octanol–water partition coefficient (Wildman–Crippen LogP) is 1.16. The Hall–Kier alpha value is -3.62. The van der Waals surface area contributed by atoms with E-state index < -0.39 is 43.9 Å². The fraction of sp³-hybridized carbons (Fsp3) is 0.294. The second-order valence-electron chi connectivity index (χ2n) is 6.83. The normalized spacial score (nSPS) is 12.1. The van der Waals surface area contributed by atoms with Crippen LogP contribution in [0.2, 0.25) is 0 Å². The average Bonchev–Trinajstić information content (AvgIpc) is 3.24. The van der Waals surface area contributed by atoms with Gasteiger partial charge in [0.05, 0.1) is 27.3 Å². The van der Waals surface area contributed by atoms with Crippen LogP contribution < -0.4 is 4.90 Å². The third-order valence-electron chi connectivity index (χ3n) is 4.39. The second kappa shape index (κ2) is 7.81. The minimum Gasteiger partial charge on any atom is -0.275 e. The van der Waals surface area contributed by atoms with E-state index in [-0.39, 0.29) is 17.2 Å². The molecule has 0 N–H and O–H groups in total. The van der Waals surface area contributed by atoms with Gasteiger partial charge in [-0.2, -0.15) is 18.3 Å². The zero-order valence-corrected chi connectivity index (χ0v) is 17.9. The Bertz CT molecular complexity index is 1330. The number of halogens is 3. The first-order valence-electron chi connectivity index (χ1n) is 8.74. The number of anilines is 1. The van der Waals surface area contributed by atoms with Gasteiger partial charge in [-0.25, -0.2) is 18.0 Å². The minimum absolute atomic E-state index is 0.0170. The molecule has 2 amide bonds. The van der Waals surface area contributed by atoms with Crippen LogP contribution in [0, 0.1) is 6.92 Å². The van der Waals surface area contributed by atoms with Crippen LogP contribution in [0.4, 0.5) is 19.1 Å². The van der Waals surface area contributed by atoms with Crippen molar-refractivity contribution in [1.82, 2.24) is 30.0 Å². The molecule has 3 aromatic rings. The smallest absolute Gasteiger partial charge is 0.275 e. The molecule has 2 heterocycles. The van der Waals surface area contributed by atoms with E-state index in [1.807, 2.05) is 0 Å². The number of rotatable bonds is 4. The summed E-state index contributed by atoms with van der Waals surface area (Å²) >= 11 is 0. The molecule has 11 nitrogen and oxygen atoms in total. The SMILES string of the molecule is Cc1nn(C)cc1C(=O)N(C(=O)c1ccc(C(F)(F)F)cc1S(C)(=O)=O)c1nnnn1C. The van der Waals surface area contributed by atoms with Crippen LogP contribution in [0.25, 0.3) is 0 Å². The highest BCUT2D eigenvalue weighted by Gasteiger charge is 2.37. The Labute approximate surface area is 179 Å². The largest absolute Gasteiger partial charge is 0.416 e. The van der Waals surface area contributed by atoms with Crippen molar-refractivity contribution in [2.75, 3.05) is 11.2 Å². The number of hydrogen-bond donors (Lipinski definition) is 0. The van der Waals surface area contributed by atoms with Gasteiger partial charge in [0.15, 0.2) is 9.84 Å². The molecule has 0 bridgehead atoms. The topological polar surface area (TPSA) is 133 Å². The van der Waals surface area contributed by atoms with E-state index in [1.54, 1.807) is 0 Å². The molecule has 3 rings (SSSR count). The Morgan fingerprint density at radius 3 is 2.19 bits per heavy atom. The van der Waals surface area contributed by atoms with Crippen LogP contribution in [-0.4, -0.2) is 56.5 Å². The lowest BCUT2D eigenvalue weighted by molar-refractivity contribution is -0.137. The number of aromatic nitrogens is 6. The van der Waals surface area contributed by atoms with Gasteiger partial charge in [0.25, 0.3) is 17.8 Å². The minimum atomic E-state index is -4.85. The van der Waals surface area contributed by atoms with Gasteiger partial charge in [-0.3, -0.25) is 14.3 Å². The number of carbonyl (C=O) groups is 2. The van der Waals surface area contributed by atoms with Gasteiger partial charge in [-0.1, -0.05) is 5.10 Å². The third kappa shape index (κ3) is 4.23. The first-order chi connectivity index (χ1) is 14.7. The van der Waals surface area contributed by atoms with Crippen LogP contribution in [0.5, 0.6) is 0 Å². The number of sulfone groups is 1. The Kier molecular flexibility index (Phi) is 5.63. The molecule has 0 saturated carbocycles. The molecule has 0 spiro atoms. The van der Waals surface area contributed by atoms with E-state index in [4.69, 9.17) is 0 Å². The zero-order chi connectivity index (χ0) is 24.0. The van der Waals surface area contributed by atoms with Crippen LogP contribution in [-0.2, 0) is 30.1 Å². The molecule has 0 unspecified atom stereocenters. The highest BCUT2D eigenvalue weighted by Crippen LogP contribution is 2.33.